The molecule has 1 unspecified atom stereocenters. The highest BCUT2D eigenvalue weighted by Gasteiger charge is 2.33. The van der Waals surface area contributed by atoms with Crippen LogP contribution in [0.15, 0.2) is 66.9 Å². The molecule has 2 amide bonds. The second-order valence-corrected chi connectivity index (χ2v) is 9.59. The first-order valence-corrected chi connectivity index (χ1v) is 12.9. The second kappa shape index (κ2) is 13.1. The molecule has 1 aliphatic rings. The van der Waals surface area contributed by atoms with Crippen LogP contribution < -0.4 is 15.4 Å². The average molecular weight is 577 g/mol. The van der Waals surface area contributed by atoms with Crippen molar-refractivity contribution in [2.45, 2.75) is 31.3 Å². The first kappa shape index (κ1) is 29.3. The fraction of sp³-hybridized carbons (Fsp3) is 0.321. The van der Waals surface area contributed by atoms with Crippen molar-refractivity contribution in [1.29, 1.82) is 0 Å². The van der Waals surface area contributed by atoms with Crippen molar-refractivity contribution in [2.75, 3.05) is 26.7 Å². The zero-order valence-electron chi connectivity index (χ0n) is 21.6. The molecule has 2 aromatic carbocycles. The molecule has 4 rings (SSSR count). The van der Waals surface area contributed by atoms with Gasteiger partial charge < -0.3 is 25.0 Å². The first-order chi connectivity index (χ1) is 19.2. The number of halogens is 4. The number of nitrogens with zero attached hydrogens (tertiary/aromatic N) is 2. The molecular formula is C28H28ClF3N4O4. The van der Waals surface area contributed by atoms with Crippen molar-refractivity contribution < 1.29 is 32.2 Å². The van der Waals surface area contributed by atoms with E-state index in [9.17, 15) is 22.8 Å². The van der Waals surface area contributed by atoms with Gasteiger partial charge in [-0.3, -0.25) is 9.59 Å². The molecule has 3 aromatic rings. The summed E-state index contributed by atoms with van der Waals surface area (Å²) in [6.45, 7) is 1.19. The molecule has 1 aliphatic heterocycles. The van der Waals surface area contributed by atoms with Crippen molar-refractivity contribution in [2.24, 2.45) is 0 Å². The maximum Gasteiger partial charge on any atom is 0.416 e. The largest absolute Gasteiger partial charge is 0.437 e. The van der Waals surface area contributed by atoms with Crippen LogP contribution in [0, 0.1) is 0 Å². The van der Waals surface area contributed by atoms with Gasteiger partial charge in [0.25, 0.3) is 5.91 Å². The van der Waals surface area contributed by atoms with Crippen LogP contribution in [0.2, 0.25) is 5.02 Å². The van der Waals surface area contributed by atoms with Crippen LogP contribution in [0.4, 0.5) is 13.2 Å². The molecule has 2 N–H and O–H groups in total. The van der Waals surface area contributed by atoms with E-state index >= 15 is 0 Å². The third-order valence-electron chi connectivity index (χ3n) is 6.39. The number of benzene rings is 2. The van der Waals surface area contributed by atoms with Crippen molar-refractivity contribution in [3.63, 3.8) is 0 Å². The van der Waals surface area contributed by atoms with Crippen LogP contribution in [-0.2, 0) is 22.3 Å². The Morgan fingerprint density at radius 3 is 2.60 bits per heavy atom. The van der Waals surface area contributed by atoms with Gasteiger partial charge in [0, 0.05) is 25.3 Å². The van der Waals surface area contributed by atoms with E-state index in [0.717, 1.165) is 30.2 Å². The number of rotatable bonds is 10. The molecule has 12 heteroatoms. The van der Waals surface area contributed by atoms with Crippen LogP contribution in [-0.4, -0.2) is 60.5 Å². The molecule has 1 aromatic heterocycles. The summed E-state index contributed by atoms with van der Waals surface area (Å²) in [6, 6.07) is 14.1. The number of pyridine rings is 1. The number of nitrogens with one attached hydrogen (secondary N) is 2. The lowest BCUT2D eigenvalue weighted by atomic mass is 10.2. The van der Waals surface area contributed by atoms with E-state index in [1.165, 1.54) is 18.3 Å². The Morgan fingerprint density at radius 1 is 1.15 bits per heavy atom. The highest BCUT2D eigenvalue weighted by Crippen LogP contribution is 2.36. The molecular weight excluding hydrogens is 549 g/mol. The van der Waals surface area contributed by atoms with Crippen LogP contribution in [0.5, 0.6) is 11.6 Å². The summed E-state index contributed by atoms with van der Waals surface area (Å²) >= 11 is 6.02. The Kier molecular flexibility index (Phi) is 9.62. The Hall–Kier alpha value is -3.67. The molecule has 40 heavy (non-hydrogen) atoms. The van der Waals surface area contributed by atoms with Gasteiger partial charge in [-0.1, -0.05) is 41.9 Å². The normalized spacial score (nSPS) is 16.0. The number of likely N-dealkylation sites (N-methyl/N-ethyl adjacent to an activating group) is 1. The first-order valence-electron chi connectivity index (χ1n) is 12.5. The molecule has 8 nitrogen and oxygen atoms in total. The van der Waals surface area contributed by atoms with Gasteiger partial charge >= 0.3 is 6.18 Å². The summed E-state index contributed by atoms with van der Waals surface area (Å²) in [6.07, 6.45) is -2.44. The van der Waals surface area contributed by atoms with Crippen LogP contribution >= 0.6 is 11.6 Å². The summed E-state index contributed by atoms with van der Waals surface area (Å²) < 4.78 is 50.5. The summed E-state index contributed by atoms with van der Waals surface area (Å²) in [5.74, 6) is -1.26. The Balaban J connectivity index is 1.51. The van der Waals surface area contributed by atoms with Gasteiger partial charge in [-0.15, -0.1) is 0 Å². The van der Waals surface area contributed by atoms with Gasteiger partial charge in [-0.05, 0) is 49.4 Å². The van der Waals surface area contributed by atoms with E-state index < -0.39 is 23.7 Å². The highest BCUT2D eigenvalue weighted by molar-refractivity contribution is 6.32. The molecule has 212 valence electrons. The lowest BCUT2D eigenvalue weighted by Crippen LogP contribution is -2.51. The molecule has 0 bridgehead atoms. The number of aromatic nitrogens is 1. The number of alkyl halides is 3. The van der Waals surface area contributed by atoms with Gasteiger partial charge in [0.05, 0.1) is 23.8 Å². The van der Waals surface area contributed by atoms with E-state index in [1.807, 2.05) is 37.4 Å². The van der Waals surface area contributed by atoms with Crippen molar-refractivity contribution in [1.82, 2.24) is 20.5 Å². The van der Waals surface area contributed by atoms with E-state index in [2.05, 4.69) is 15.6 Å². The number of carbonyl (C=O) groups is 2. The molecule has 0 spiro atoms. The second-order valence-electron chi connectivity index (χ2n) is 9.19. The standard InChI is InChI=1S/C28H28ClF3N4O4/c1-33-20-11-13-36(15-20)27(38)23(17-39-16-18-6-3-2-4-7-18)35-25(37)21-8-5-12-34-26(21)40-24-10-9-19(14-22(24)29)28(30,31)32/h2-10,12,14,20,23,33H,11,13,15-17H2,1H3,(H,35,37)/t20-,23?/m0/s1. The zero-order chi connectivity index (χ0) is 28.7. The maximum atomic E-state index is 13.4. The molecule has 0 radical (unpaired) electrons. The smallest absolute Gasteiger partial charge is 0.416 e. The Bertz CT molecular complexity index is 1330. The van der Waals surface area contributed by atoms with Crippen LogP contribution in [0.3, 0.4) is 0 Å². The number of carbonyl (C=O) groups excluding carboxylic acids is 2. The quantitative estimate of drug-likeness (QED) is 0.364. The fourth-order valence-corrected chi connectivity index (χ4v) is 4.42. The van der Waals surface area contributed by atoms with Crippen molar-refractivity contribution >= 4 is 23.4 Å². The summed E-state index contributed by atoms with van der Waals surface area (Å²) in [5, 5.41) is 5.57. The predicted octanol–water partition coefficient (Wildman–Crippen LogP) is 4.68. The van der Waals surface area contributed by atoms with E-state index in [1.54, 1.807) is 4.90 Å². The summed E-state index contributed by atoms with van der Waals surface area (Å²) in [4.78, 5) is 32.5. The van der Waals surface area contributed by atoms with Gasteiger partial charge in [0.1, 0.15) is 17.4 Å². The third-order valence-corrected chi connectivity index (χ3v) is 6.68. The third kappa shape index (κ3) is 7.50. The van der Waals surface area contributed by atoms with E-state index in [-0.39, 0.29) is 47.4 Å². The Labute approximate surface area is 234 Å². The number of ether oxygens (including phenoxy) is 2. The highest BCUT2D eigenvalue weighted by atomic mass is 35.5. The van der Waals surface area contributed by atoms with Gasteiger partial charge in [0.15, 0.2) is 0 Å². The molecule has 1 fully saturated rings. The molecule has 0 aliphatic carbocycles. The molecule has 0 saturated carbocycles. The predicted molar refractivity (Wildman–Crippen MR) is 142 cm³/mol. The lowest BCUT2D eigenvalue weighted by molar-refractivity contribution is -0.137. The minimum absolute atomic E-state index is 0.0335. The lowest BCUT2D eigenvalue weighted by Gasteiger charge is -2.25. The van der Waals surface area contributed by atoms with Crippen molar-refractivity contribution in [3.05, 3.63) is 88.6 Å². The Morgan fingerprint density at radius 2 is 1.93 bits per heavy atom. The number of hydrogen-bond acceptors (Lipinski definition) is 6. The SMILES string of the molecule is CN[C@H]1CCN(C(=O)C(COCc2ccccc2)NC(=O)c2cccnc2Oc2ccc(C(F)(F)F)cc2Cl)C1. The maximum absolute atomic E-state index is 13.4. The fourth-order valence-electron chi connectivity index (χ4n) is 4.21. The van der Waals surface area contributed by atoms with Crippen LogP contribution in [0.25, 0.3) is 0 Å². The molecule has 2 heterocycles. The van der Waals surface area contributed by atoms with Gasteiger partial charge in [-0.2, -0.15) is 13.2 Å². The zero-order valence-corrected chi connectivity index (χ0v) is 22.3. The van der Waals surface area contributed by atoms with E-state index in [0.29, 0.717) is 13.1 Å². The molecule has 1 saturated heterocycles. The number of likely N-dealkylation sites (tertiary alicyclic amines) is 1. The van der Waals surface area contributed by atoms with Crippen molar-refractivity contribution in [3.8, 4) is 11.6 Å². The number of amides is 2. The van der Waals surface area contributed by atoms with Gasteiger partial charge in [0.2, 0.25) is 11.8 Å². The van der Waals surface area contributed by atoms with E-state index in [4.69, 9.17) is 21.1 Å². The topological polar surface area (TPSA) is 92.8 Å². The summed E-state index contributed by atoms with van der Waals surface area (Å²) in [5.41, 5.74) is -0.0650. The van der Waals surface area contributed by atoms with Gasteiger partial charge in [-0.25, -0.2) is 4.98 Å². The summed E-state index contributed by atoms with van der Waals surface area (Å²) in [7, 11) is 1.83. The monoisotopic (exact) mass is 576 g/mol. The minimum atomic E-state index is -4.58. The average Bonchev–Trinajstić information content (AvgIpc) is 3.43. The molecule has 2 atom stereocenters. The van der Waals surface area contributed by atoms with Crippen LogP contribution in [0.1, 0.15) is 27.9 Å². The number of hydrogen-bond donors (Lipinski definition) is 2. The minimum Gasteiger partial charge on any atom is -0.437 e.